The van der Waals surface area contributed by atoms with Gasteiger partial charge in [0.15, 0.2) is 11.0 Å². The Bertz CT molecular complexity index is 1730. The van der Waals surface area contributed by atoms with Crippen LogP contribution in [0, 0.1) is 0 Å². The number of rotatable bonds is 10. The maximum atomic E-state index is 13.7. The third-order valence-corrected chi connectivity index (χ3v) is 8.25. The number of halogens is 4. The summed E-state index contributed by atoms with van der Waals surface area (Å²) in [6.07, 6.45) is -2.17. The molecule has 0 fully saturated rings. The third-order valence-electron chi connectivity index (χ3n) is 7.97. The van der Waals surface area contributed by atoms with E-state index in [0.717, 1.165) is 41.3 Å². The number of aryl methyl sites for hydroxylation is 1. The average molecular weight is 627 g/mol. The Labute approximate surface area is 257 Å². The van der Waals surface area contributed by atoms with Gasteiger partial charge in [-0.3, -0.25) is 14.2 Å². The first-order chi connectivity index (χ1) is 20.9. The van der Waals surface area contributed by atoms with E-state index in [1.165, 1.54) is 23.6 Å². The first kappa shape index (κ1) is 31.6. The van der Waals surface area contributed by atoms with E-state index in [0.29, 0.717) is 12.1 Å². The highest BCUT2D eigenvalue weighted by Crippen LogP contribution is 2.41. The zero-order valence-corrected chi connectivity index (χ0v) is 24.6. The van der Waals surface area contributed by atoms with Gasteiger partial charge in [0.25, 0.3) is 5.56 Å². The zero-order chi connectivity index (χ0) is 31.6. The van der Waals surface area contributed by atoms with Crippen molar-refractivity contribution in [2.24, 2.45) is 0 Å². The summed E-state index contributed by atoms with van der Waals surface area (Å²) < 4.78 is 40.8. The Hall–Kier alpha value is -3.87. The summed E-state index contributed by atoms with van der Waals surface area (Å²) in [5.74, 6) is -2.08. The van der Waals surface area contributed by atoms with Gasteiger partial charge in [-0.1, -0.05) is 66.2 Å². The molecule has 0 spiro atoms. The molecule has 0 saturated heterocycles. The fourth-order valence-corrected chi connectivity index (χ4v) is 6.00. The molecule has 1 aliphatic rings. The van der Waals surface area contributed by atoms with Crippen LogP contribution >= 0.6 is 11.6 Å². The van der Waals surface area contributed by atoms with Crippen LogP contribution in [0.5, 0.6) is 0 Å². The largest absolute Gasteiger partial charge is 0.475 e. The molecule has 44 heavy (non-hydrogen) atoms. The summed E-state index contributed by atoms with van der Waals surface area (Å²) in [6.45, 7) is 1.28. The van der Waals surface area contributed by atoms with Gasteiger partial charge in [0.1, 0.15) is 6.04 Å². The van der Waals surface area contributed by atoms with Crippen molar-refractivity contribution in [2.75, 3.05) is 5.32 Å². The molecule has 0 bridgehead atoms. The predicted molar refractivity (Wildman–Crippen MR) is 163 cm³/mol. The monoisotopic (exact) mass is 626 g/mol. The van der Waals surface area contributed by atoms with Gasteiger partial charge in [-0.15, -0.1) is 0 Å². The smallest absolute Gasteiger partial charge is 0.426 e. The minimum absolute atomic E-state index is 0.0115. The molecule has 1 amide bonds. The average Bonchev–Trinajstić information content (AvgIpc) is 3.38. The molecule has 0 aliphatic carbocycles. The molecule has 13 heteroatoms. The van der Waals surface area contributed by atoms with E-state index in [-0.39, 0.29) is 35.4 Å². The third kappa shape index (κ3) is 6.93. The van der Waals surface area contributed by atoms with E-state index in [1.807, 2.05) is 18.2 Å². The summed E-state index contributed by atoms with van der Waals surface area (Å²) in [6, 6.07) is 18.0. The number of nitrogens with one attached hydrogen (secondary N) is 2. The SMILES string of the molecule is C[C@H](NC(=O)[C@@H]1C[C@@H](CCCc2ccc3ccccc3c2)c2c(Cl)nc(NCc3cccc(C(F)(F)F)c3)c(=O)n21)B(O)O. The highest BCUT2D eigenvalue weighted by molar-refractivity contribution is 6.43. The van der Waals surface area contributed by atoms with E-state index in [2.05, 4.69) is 39.9 Å². The molecule has 0 unspecified atom stereocenters. The number of fused-ring (bicyclic) bond motifs is 2. The standard InChI is InChI=1S/C31H31BClF3N4O4/c1-18(32(43)44)38-29(41)25-16-23(10-4-6-19-12-13-21-8-2-3-9-22(21)14-19)26-27(33)39-28(30(42)40(25)26)37-17-20-7-5-11-24(15-20)31(34,35)36/h2-3,5,7-9,11-15,18,23,25,43-44H,4,6,10,16-17H2,1H3,(H,37,39)(H,38,41)/t18-,23+,25-/m0/s1. The number of alkyl halides is 3. The first-order valence-corrected chi connectivity index (χ1v) is 14.7. The highest BCUT2D eigenvalue weighted by atomic mass is 35.5. The number of anilines is 1. The summed E-state index contributed by atoms with van der Waals surface area (Å²) in [4.78, 5) is 31.2. The fourth-order valence-electron chi connectivity index (χ4n) is 5.67. The Morgan fingerprint density at radius 2 is 1.84 bits per heavy atom. The van der Waals surface area contributed by atoms with Gasteiger partial charge in [-0.05, 0) is 66.6 Å². The van der Waals surface area contributed by atoms with Crippen LogP contribution in [0.2, 0.25) is 5.15 Å². The maximum absolute atomic E-state index is 13.7. The molecule has 8 nitrogen and oxygen atoms in total. The second-order valence-corrected chi connectivity index (χ2v) is 11.5. The number of carbonyl (C=O) groups excluding carboxylic acids is 1. The van der Waals surface area contributed by atoms with Gasteiger partial charge in [-0.25, -0.2) is 4.98 Å². The molecule has 4 N–H and O–H groups in total. The van der Waals surface area contributed by atoms with Crippen LogP contribution in [0.25, 0.3) is 10.8 Å². The van der Waals surface area contributed by atoms with Crippen molar-refractivity contribution in [1.29, 1.82) is 0 Å². The number of hydrogen-bond donors (Lipinski definition) is 4. The molecule has 3 aromatic carbocycles. The fraction of sp³-hybridized carbons (Fsp3) is 0.323. The number of hydrogen-bond acceptors (Lipinski definition) is 6. The molecule has 5 rings (SSSR count). The van der Waals surface area contributed by atoms with Crippen molar-refractivity contribution in [3.63, 3.8) is 0 Å². The molecule has 230 valence electrons. The van der Waals surface area contributed by atoms with E-state index >= 15 is 0 Å². The molecule has 0 saturated carbocycles. The Kier molecular flexibility index (Phi) is 9.33. The lowest BCUT2D eigenvalue weighted by atomic mass is 9.81. The van der Waals surface area contributed by atoms with Gasteiger partial charge in [-0.2, -0.15) is 13.2 Å². The minimum atomic E-state index is -4.52. The first-order valence-electron chi connectivity index (χ1n) is 14.3. The molecule has 1 aliphatic heterocycles. The summed E-state index contributed by atoms with van der Waals surface area (Å²) in [7, 11) is -1.81. The summed E-state index contributed by atoms with van der Waals surface area (Å²) in [5.41, 5.74) is 0.353. The van der Waals surface area contributed by atoms with E-state index in [1.54, 1.807) is 0 Å². The van der Waals surface area contributed by atoms with Crippen molar-refractivity contribution < 1.29 is 28.0 Å². The summed E-state index contributed by atoms with van der Waals surface area (Å²) in [5, 5.41) is 26.6. The highest BCUT2D eigenvalue weighted by Gasteiger charge is 2.40. The van der Waals surface area contributed by atoms with Crippen molar-refractivity contribution in [2.45, 2.75) is 63.2 Å². The predicted octanol–water partition coefficient (Wildman–Crippen LogP) is 5.25. The molecule has 4 aromatic rings. The van der Waals surface area contributed by atoms with Crippen LogP contribution in [0.4, 0.5) is 19.0 Å². The van der Waals surface area contributed by atoms with Crippen molar-refractivity contribution in [1.82, 2.24) is 14.9 Å². The maximum Gasteiger partial charge on any atom is 0.475 e. The quantitative estimate of drug-likeness (QED) is 0.179. The topological polar surface area (TPSA) is 116 Å². The number of aromatic nitrogens is 2. The number of benzene rings is 3. The molecule has 3 atom stereocenters. The number of nitrogens with zero attached hydrogens (tertiary/aromatic N) is 2. The van der Waals surface area contributed by atoms with Crippen LogP contribution in [0.1, 0.15) is 60.5 Å². The molecule has 2 heterocycles. The van der Waals surface area contributed by atoms with Crippen LogP contribution in [-0.2, 0) is 23.9 Å². The van der Waals surface area contributed by atoms with Crippen LogP contribution < -0.4 is 16.2 Å². The van der Waals surface area contributed by atoms with Gasteiger partial charge in [0.2, 0.25) is 5.91 Å². The molecular weight excluding hydrogens is 596 g/mol. The van der Waals surface area contributed by atoms with E-state index in [9.17, 15) is 32.8 Å². The second kappa shape index (κ2) is 13.0. The molecular formula is C31H31BClF3N4O4. The Morgan fingerprint density at radius 3 is 2.57 bits per heavy atom. The van der Waals surface area contributed by atoms with Crippen molar-refractivity contribution >= 4 is 41.2 Å². The number of amides is 1. The normalized spacial score (nSPS) is 16.9. The zero-order valence-electron chi connectivity index (χ0n) is 23.8. The van der Waals surface area contributed by atoms with Crippen LogP contribution in [0.3, 0.4) is 0 Å². The molecule has 1 aromatic heterocycles. The van der Waals surface area contributed by atoms with Crippen molar-refractivity contribution in [3.8, 4) is 0 Å². The number of carbonyl (C=O) groups is 1. The van der Waals surface area contributed by atoms with Gasteiger partial charge >= 0.3 is 13.3 Å². The second-order valence-electron chi connectivity index (χ2n) is 11.1. The Balaban J connectivity index is 1.39. The van der Waals surface area contributed by atoms with Gasteiger partial charge < -0.3 is 20.7 Å². The van der Waals surface area contributed by atoms with Gasteiger partial charge in [0.05, 0.1) is 17.2 Å². The van der Waals surface area contributed by atoms with Gasteiger partial charge in [0, 0.05) is 12.5 Å². The van der Waals surface area contributed by atoms with E-state index < -0.39 is 42.3 Å². The van der Waals surface area contributed by atoms with Crippen LogP contribution in [0.15, 0.2) is 71.5 Å². The Morgan fingerprint density at radius 1 is 1.09 bits per heavy atom. The lowest BCUT2D eigenvalue weighted by molar-refractivity contribution is -0.137. The van der Waals surface area contributed by atoms with Crippen LogP contribution in [-0.4, -0.2) is 38.6 Å². The lowest BCUT2D eigenvalue weighted by Gasteiger charge is -2.19. The lowest BCUT2D eigenvalue weighted by Crippen LogP contribution is -2.47. The van der Waals surface area contributed by atoms with E-state index in [4.69, 9.17) is 11.6 Å². The summed E-state index contributed by atoms with van der Waals surface area (Å²) >= 11 is 6.62. The minimum Gasteiger partial charge on any atom is -0.426 e. The van der Waals surface area contributed by atoms with Crippen molar-refractivity contribution in [3.05, 3.63) is 105 Å². The molecule has 0 radical (unpaired) electrons.